The van der Waals surface area contributed by atoms with Crippen molar-refractivity contribution in [2.45, 2.75) is 0 Å². The average Bonchev–Trinajstić information content (AvgIpc) is 2.19. The zero-order valence-corrected chi connectivity index (χ0v) is 13.5. The van der Waals surface area contributed by atoms with Crippen LogP contribution < -0.4 is 5.11 Å². The van der Waals surface area contributed by atoms with E-state index in [0.29, 0.717) is 14.5 Å². The van der Waals surface area contributed by atoms with E-state index >= 15 is 0 Å². The zero-order valence-electron chi connectivity index (χ0n) is 7.11. The van der Waals surface area contributed by atoms with Crippen molar-refractivity contribution < 1.29 is 9.90 Å². The van der Waals surface area contributed by atoms with Crippen molar-refractivity contribution in [3.8, 4) is 0 Å². The van der Waals surface area contributed by atoms with Crippen LogP contribution in [0.2, 0.25) is 0 Å². The van der Waals surface area contributed by atoms with Gasteiger partial charge in [0.1, 0.15) is 0 Å². The minimum absolute atomic E-state index is 0.0734. The molecule has 1 rings (SSSR count). The smallest absolute Gasteiger partial charge is 0.0715 e. The van der Waals surface area contributed by atoms with Crippen molar-refractivity contribution in [2.24, 2.45) is 0 Å². The molecule has 0 radical (unpaired) electrons. The molecule has 0 spiro atoms. The highest BCUT2D eigenvalue weighted by Gasteiger charge is 2.13. The third-order valence-corrected chi connectivity index (χ3v) is 6.34. The van der Waals surface area contributed by atoms with Gasteiger partial charge in [-0.1, -0.05) is 6.58 Å². The van der Waals surface area contributed by atoms with E-state index in [1.807, 2.05) is 0 Å². The van der Waals surface area contributed by atoms with Gasteiger partial charge in [-0.2, -0.15) is 0 Å². The third-order valence-electron chi connectivity index (χ3n) is 1.67. The Bertz CT molecular complexity index is 454. The van der Waals surface area contributed by atoms with Crippen LogP contribution >= 0.6 is 63.7 Å². The van der Waals surface area contributed by atoms with Crippen LogP contribution in [0.1, 0.15) is 5.56 Å². The van der Waals surface area contributed by atoms with Crippen molar-refractivity contribution >= 4 is 75.3 Å². The Labute approximate surface area is 120 Å². The summed E-state index contributed by atoms with van der Waals surface area (Å²) < 4.78 is 2.86. The predicted octanol–water partition coefficient (Wildman–Crippen LogP) is 3.50. The van der Waals surface area contributed by atoms with Crippen molar-refractivity contribution in [3.05, 3.63) is 36.1 Å². The summed E-state index contributed by atoms with van der Waals surface area (Å²) in [5.74, 6) is -1.29. The van der Waals surface area contributed by atoms with Gasteiger partial charge in [0, 0.05) is 17.9 Å². The minimum Gasteiger partial charge on any atom is -0.545 e. The van der Waals surface area contributed by atoms with Crippen LogP contribution in [0, 0.1) is 0 Å². The lowest BCUT2D eigenvalue weighted by molar-refractivity contribution is -0.295. The maximum absolute atomic E-state index is 10.7. The fourth-order valence-corrected chi connectivity index (χ4v) is 3.15. The van der Waals surface area contributed by atoms with Crippen molar-refractivity contribution in [1.82, 2.24) is 0 Å². The van der Waals surface area contributed by atoms with Gasteiger partial charge < -0.3 is 9.90 Å². The molecule has 0 saturated carbocycles. The fraction of sp³-hybridized carbons (Fsp3) is 0. The van der Waals surface area contributed by atoms with E-state index in [9.17, 15) is 9.90 Å². The second-order valence-electron chi connectivity index (χ2n) is 2.61. The molecule has 1 aromatic rings. The summed E-state index contributed by atoms with van der Waals surface area (Å²) in [5.41, 5.74) is 0.396. The van der Waals surface area contributed by atoms with Crippen LogP contribution in [0.4, 0.5) is 0 Å². The quantitative estimate of drug-likeness (QED) is 0.383. The number of benzene rings is 1. The highest BCUT2D eigenvalue weighted by atomic mass is 79.9. The average molecular weight is 463 g/mol. The molecule has 0 unspecified atom stereocenters. The molecule has 0 heterocycles. The van der Waals surface area contributed by atoms with Crippen LogP contribution in [0.5, 0.6) is 0 Å². The van der Waals surface area contributed by atoms with E-state index in [1.54, 1.807) is 6.07 Å². The Morgan fingerprint density at radius 1 is 1.13 bits per heavy atom. The van der Waals surface area contributed by atoms with Gasteiger partial charge in [-0.05, 0) is 80.9 Å². The van der Waals surface area contributed by atoms with Gasteiger partial charge >= 0.3 is 0 Å². The number of carbonyl (C=O) groups excluding carboxylic acids is 1. The van der Waals surface area contributed by atoms with Crippen LogP contribution in [0.3, 0.4) is 0 Å². The Morgan fingerprint density at radius 3 is 2.13 bits per heavy atom. The normalized spacial score (nSPS) is 10.1. The minimum atomic E-state index is -1.29. The summed E-state index contributed by atoms with van der Waals surface area (Å²) >= 11 is 13.2. The SMILES string of the molecule is C=C(C(=O)[O-])c1cc(Br)c(Br)c(Br)c1Br. The maximum atomic E-state index is 10.7. The second kappa shape index (κ2) is 5.12. The summed E-state index contributed by atoms with van der Waals surface area (Å²) in [5, 5.41) is 10.7. The molecule has 0 aliphatic heterocycles. The molecule has 1 aromatic carbocycles. The molecular formula is C9H3Br4O2-. The summed E-state index contributed by atoms with van der Waals surface area (Å²) in [6.07, 6.45) is 0. The molecule has 0 saturated heterocycles. The van der Waals surface area contributed by atoms with Crippen LogP contribution in [0.15, 0.2) is 30.5 Å². The van der Waals surface area contributed by atoms with Gasteiger partial charge in [0.15, 0.2) is 0 Å². The van der Waals surface area contributed by atoms with E-state index in [-0.39, 0.29) is 5.57 Å². The summed E-state index contributed by atoms with van der Waals surface area (Å²) in [6.45, 7) is 3.45. The molecule has 0 fully saturated rings. The molecule has 2 nitrogen and oxygen atoms in total. The number of aliphatic carboxylic acids is 1. The zero-order chi connectivity index (χ0) is 11.7. The molecular weight excluding hydrogens is 460 g/mol. The second-order valence-corrected chi connectivity index (χ2v) is 5.85. The standard InChI is InChI=1S/C9H4Br4O2/c1-3(9(14)15)4-2-5(10)7(12)8(13)6(4)11/h2H,1H2,(H,14,15)/p-1. The monoisotopic (exact) mass is 459 g/mol. The molecule has 0 amide bonds. The molecule has 0 aromatic heterocycles. The topological polar surface area (TPSA) is 40.1 Å². The molecule has 6 heteroatoms. The largest absolute Gasteiger partial charge is 0.545 e. The van der Waals surface area contributed by atoms with Crippen molar-refractivity contribution in [1.29, 1.82) is 0 Å². The lowest BCUT2D eigenvalue weighted by atomic mass is 10.1. The maximum Gasteiger partial charge on any atom is 0.0715 e. The van der Waals surface area contributed by atoms with Gasteiger partial charge in [0.25, 0.3) is 0 Å². The molecule has 0 atom stereocenters. The van der Waals surface area contributed by atoms with Gasteiger partial charge in [-0.25, -0.2) is 0 Å². The summed E-state index contributed by atoms with van der Waals surface area (Å²) in [7, 11) is 0. The number of halogens is 4. The predicted molar refractivity (Wildman–Crippen MR) is 71.3 cm³/mol. The van der Waals surface area contributed by atoms with Crippen molar-refractivity contribution in [3.63, 3.8) is 0 Å². The first-order valence-corrected chi connectivity index (χ1v) is 6.77. The third kappa shape index (κ3) is 2.72. The van der Waals surface area contributed by atoms with E-state index in [0.717, 1.165) is 8.95 Å². The Hall–Kier alpha value is 0.350. The lowest BCUT2D eigenvalue weighted by Gasteiger charge is -2.12. The van der Waals surface area contributed by atoms with Crippen LogP contribution in [0.25, 0.3) is 5.57 Å². The molecule has 15 heavy (non-hydrogen) atoms. The molecule has 0 aliphatic rings. The number of carboxylic acids is 1. The lowest BCUT2D eigenvalue weighted by Crippen LogP contribution is -2.23. The van der Waals surface area contributed by atoms with E-state index in [1.165, 1.54) is 0 Å². The van der Waals surface area contributed by atoms with E-state index in [2.05, 4.69) is 70.3 Å². The Morgan fingerprint density at radius 2 is 1.67 bits per heavy atom. The summed E-state index contributed by atoms with van der Waals surface area (Å²) in [4.78, 5) is 10.7. The highest BCUT2D eigenvalue weighted by molar-refractivity contribution is 9.15. The molecule has 0 aliphatic carbocycles. The van der Waals surface area contributed by atoms with E-state index < -0.39 is 5.97 Å². The van der Waals surface area contributed by atoms with Crippen LogP contribution in [-0.4, -0.2) is 5.97 Å². The van der Waals surface area contributed by atoms with Crippen LogP contribution in [-0.2, 0) is 4.79 Å². The van der Waals surface area contributed by atoms with Gasteiger partial charge in [0.2, 0.25) is 0 Å². The number of hydrogen-bond donors (Lipinski definition) is 0. The highest BCUT2D eigenvalue weighted by Crippen LogP contribution is 2.40. The van der Waals surface area contributed by atoms with Gasteiger partial charge in [0.05, 0.1) is 5.97 Å². The molecule has 80 valence electrons. The first-order valence-electron chi connectivity index (χ1n) is 3.60. The van der Waals surface area contributed by atoms with Gasteiger partial charge in [-0.3, -0.25) is 0 Å². The Kier molecular flexibility index (Phi) is 4.58. The number of rotatable bonds is 2. The fourth-order valence-electron chi connectivity index (χ4n) is 0.902. The first kappa shape index (κ1) is 13.4. The molecule has 0 bridgehead atoms. The van der Waals surface area contributed by atoms with Gasteiger partial charge in [-0.15, -0.1) is 0 Å². The first-order chi connectivity index (χ1) is 6.86. The van der Waals surface area contributed by atoms with E-state index in [4.69, 9.17) is 0 Å². The number of hydrogen-bond acceptors (Lipinski definition) is 2. The Balaban J connectivity index is 3.45. The summed E-state index contributed by atoms with van der Waals surface area (Å²) in [6, 6.07) is 1.65. The van der Waals surface area contributed by atoms with Crippen molar-refractivity contribution in [2.75, 3.05) is 0 Å². The number of carbonyl (C=O) groups is 1. The molecule has 0 N–H and O–H groups in total. The number of carboxylic acid groups (broad SMARTS) is 1.